The van der Waals surface area contributed by atoms with E-state index >= 15 is 0 Å². The second-order valence-electron chi connectivity index (χ2n) is 6.05. The van der Waals surface area contributed by atoms with Crippen LogP contribution in [0.4, 0.5) is 0 Å². The lowest BCUT2D eigenvalue weighted by molar-refractivity contribution is 0.0970. The number of benzene rings is 2. The molecule has 0 atom stereocenters. The predicted molar refractivity (Wildman–Crippen MR) is 105 cm³/mol. The summed E-state index contributed by atoms with van der Waals surface area (Å²) in [5.41, 5.74) is 2.30. The van der Waals surface area contributed by atoms with Crippen LogP contribution in [-0.2, 0) is 6.54 Å². The van der Waals surface area contributed by atoms with Crippen molar-refractivity contribution < 1.29 is 4.79 Å². The highest BCUT2D eigenvalue weighted by Gasteiger charge is 2.17. The number of thiophene rings is 1. The van der Waals surface area contributed by atoms with Gasteiger partial charge in [0.25, 0.3) is 5.56 Å². The summed E-state index contributed by atoms with van der Waals surface area (Å²) in [6, 6.07) is 18.8. The molecule has 128 valence electrons. The standard InChI is InChI=1S/C21H16N2O2S/c1-14-18(16-10-6-3-7-11-16)19-20(26-14)22-13-23(21(19)25)12-17(24)15-8-4-2-5-9-15/h2-11,13H,12H2,1H3. The quantitative estimate of drug-likeness (QED) is 0.509. The van der Waals surface area contributed by atoms with Gasteiger partial charge in [-0.3, -0.25) is 14.2 Å². The van der Waals surface area contributed by atoms with Crippen LogP contribution in [0.5, 0.6) is 0 Å². The fraction of sp³-hybridized carbons (Fsp3) is 0.0952. The van der Waals surface area contributed by atoms with Gasteiger partial charge in [-0.25, -0.2) is 4.98 Å². The Morgan fingerprint density at radius 3 is 2.38 bits per heavy atom. The van der Waals surface area contributed by atoms with E-state index in [4.69, 9.17) is 0 Å². The summed E-state index contributed by atoms with van der Waals surface area (Å²) in [6.07, 6.45) is 1.47. The highest BCUT2D eigenvalue weighted by atomic mass is 32.1. The smallest absolute Gasteiger partial charge is 0.263 e. The third kappa shape index (κ3) is 2.86. The molecule has 0 bridgehead atoms. The normalized spacial score (nSPS) is 11.0. The van der Waals surface area contributed by atoms with Gasteiger partial charge in [-0.1, -0.05) is 60.7 Å². The first-order chi connectivity index (χ1) is 12.6. The maximum Gasteiger partial charge on any atom is 0.263 e. The first-order valence-electron chi connectivity index (χ1n) is 8.27. The lowest BCUT2D eigenvalue weighted by atomic mass is 10.0. The Balaban J connectivity index is 1.82. The summed E-state index contributed by atoms with van der Waals surface area (Å²) in [5, 5.41) is 0.585. The monoisotopic (exact) mass is 360 g/mol. The Morgan fingerprint density at radius 2 is 1.69 bits per heavy atom. The number of hydrogen-bond acceptors (Lipinski definition) is 4. The van der Waals surface area contributed by atoms with Gasteiger partial charge in [-0.2, -0.15) is 0 Å². The molecule has 0 unspecified atom stereocenters. The second-order valence-corrected chi connectivity index (χ2v) is 7.25. The Kier molecular flexibility index (Phi) is 4.22. The van der Waals surface area contributed by atoms with E-state index in [0.29, 0.717) is 15.8 Å². The molecule has 0 fully saturated rings. The van der Waals surface area contributed by atoms with Gasteiger partial charge in [0.1, 0.15) is 4.83 Å². The van der Waals surface area contributed by atoms with Crippen molar-refractivity contribution in [3.05, 3.63) is 87.8 Å². The van der Waals surface area contributed by atoms with E-state index in [2.05, 4.69) is 4.98 Å². The van der Waals surface area contributed by atoms with Gasteiger partial charge in [0.05, 0.1) is 18.3 Å². The van der Waals surface area contributed by atoms with Crippen LogP contribution in [0, 0.1) is 6.92 Å². The zero-order valence-electron chi connectivity index (χ0n) is 14.2. The van der Waals surface area contributed by atoms with E-state index in [0.717, 1.165) is 16.0 Å². The van der Waals surface area contributed by atoms with Crippen LogP contribution in [0.15, 0.2) is 71.8 Å². The van der Waals surface area contributed by atoms with Crippen molar-refractivity contribution >= 4 is 27.3 Å². The maximum absolute atomic E-state index is 13.1. The van der Waals surface area contributed by atoms with Crippen LogP contribution in [0.25, 0.3) is 21.3 Å². The molecule has 26 heavy (non-hydrogen) atoms. The van der Waals surface area contributed by atoms with Gasteiger partial charge in [-0.15, -0.1) is 11.3 Å². The third-order valence-corrected chi connectivity index (χ3v) is 5.34. The van der Waals surface area contributed by atoms with E-state index in [1.54, 1.807) is 12.1 Å². The minimum Gasteiger partial charge on any atom is -0.292 e. The van der Waals surface area contributed by atoms with Crippen molar-refractivity contribution in [2.45, 2.75) is 13.5 Å². The number of aryl methyl sites for hydroxylation is 1. The van der Waals surface area contributed by atoms with E-state index in [1.807, 2.05) is 55.5 Å². The molecule has 4 nitrogen and oxygen atoms in total. The van der Waals surface area contributed by atoms with Crippen molar-refractivity contribution in [1.82, 2.24) is 9.55 Å². The molecule has 5 heteroatoms. The molecule has 2 aromatic carbocycles. The van der Waals surface area contributed by atoms with E-state index in [9.17, 15) is 9.59 Å². The number of hydrogen-bond donors (Lipinski definition) is 0. The van der Waals surface area contributed by atoms with Gasteiger partial charge >= 0.3 is 0 Å². The molecule has 4 aromatic rings. The lowest BCUT2D eigenvalue weighted by Crippen LogP contribution is -2.24. The Labute approximate surface area is 154 Å². The molecule has 0 N–H and O–H groups in total. The summed E-state index contributed by atoms with van der Waals surface area (Å²) >= 11 is 1.50. The van der Waals surface area contributed by atoms with Crippen LogP contribution >= 0.6 is 11.3 Å². The topological polar surface area (TPSA) is 52.0 Å². The van der Waals surface area contributed by atoms with Gasteiger partial charge < -0.3 is 0 Å². The first kappa shape index (κ1) is 16.4. The number of fused-ring (bicyclic) bond motifs is 1. The molecular formula is C21H16N2O2S. The molecule has 0 saturated heterocycles. The van der Waals surface area contributed by atoms with Crippen molar-refractivity contribution in [3.8, 4) is 11.1 Å². The molecule has 0 amide bonds. The minimum absolute atomic E-state index is 0.0189. The number of carbonyl (C=O) groups is 1. The van der Waals surface area contributed by atoms with Crippen molar-refractivity contribution in [2.24, 2.45) is 0 Å². The summed E-state index contributed by atoms with van der Waals surface area (Å²) in [5.74, 6) is -0.109. The number of Topliss-reactive ketones (excluding diaryl/α,β-unsaturated/α-hetero) is 1. The van der Waals surface area contributed by atoms with Crippen molar-refractivity contribution in [3.63, 3.8) is 0 Å². The highest BCUT2D eigenvalue weighted by molar-refractivity contribution is 7.19. The number of carbonyl (C=O) groups excluding carboxylic acids is 1. The van der Waals surface area contributed by atoms with Crippen LogP contribution in [-0.4, -0.2) is 15.3 Å². The Bertz CT molecular complexity index is 1150. The fourth-order valence-electron chi connectivity index (χ4n) is 3.07. The average molecular weight is 360 g/mol. The third-order valence-electron chi connectivity index (χ3n) is 4.33. The fourth-order valence-corrected chi connectivity index (χ4v) is 4.08. The molecule has 0 aliphatic carbocycles. The summed E-state index contributed by atoms with van der Waals surface area (Å²) < 4.78 is 1.40. The Morgan fingerprint density at radius 1 is 1.04 bits per heavy atom. The molecular weight excluding hydrogens is 344 g/mol. The number of rotatable bonds is 4. The summed E-state index contributed by atoms with van der Waals surface area (Å²) in [4.78, 5) is 31.7. The predicted octanol–water partition coefficient (Wildman–Crippen LogP) is 4.32. The van der Waals surface area contributed by atoms with E-state index < -0.39 is 0 Å². The molecule has 0 spiro atoms. The molecule has 2 aromatic heterocycles. The highest BCUT2D eigenvalue weighted by Crippen LogP contribution is 2.35. The second kappa shape index (κ2) is 6.69. The minimum atomic E-state index is -0.178. The van der Waals surface area contributed by atoms with E-state index in [1.165, 1.54) is 22.2 Å². The maximum atomic E-state index is 13.1. The van der Waals surface area contributed by atoms with Crippen LogP contribution in [0.3, 0.4) is 0 Å². The number of nitrogens with zero attached hydrogens (tertiary/aromatic N) is 2. The first-order valence-corrected chi connectivity index (χ1v) is 9.09. The molecule has 0 radical (unpaired) electrons. The van der Waals surface area contributed by atoms with Crippen molar-refractivity contribution in [1.29, 1.82) is 0 Å². The largest absolute Gasteiger partial charge is 0.292 e. The number of ketones is 1. The van der Waals surface area contributed by atoms with Gasteiger partial charge in [-0.05, 0) is 12.5 Å². The molecule has 4 rings (SSSR count). The zero-order chi connectivity index (χ0) is 18.1. The molecule has 0 saturated carbocycles. The average Bonchev–Trinajstić information content (AvgIpc) is 3.02. The lowest BCUT2D eigenvalue weighted by Gasteiger charge is -2.06. The summed E-state index contributed by atoms with van der Waals surface area (Å²) in [7, 11) is 0. The van der Waals surface area contributed by atoms with Crippen LogP contribution in [0.1, 0.15) is 15.2 Å². The zero-order valence-corrected chi connectivity index (χ0v) is 15.0. The van der Waals surface area contributed by atoms with Gasteiger partial charge in [0, 0.05) is 16.0 Å². The van der Waals surface area contributed by atoms with E-state index in [-0.39, 0.29) is 17.9 Å². The molecule has 2 heterocycles. The SMILES string of the molecule is Cc1sc2ncn(CC(=O)c3ccccc3)c(=O)c2c1-c1ccccc1. The van der Waals surface area contributed by atoms with Gasteiger partial charge in [0.15, 0.2) is 5.78 Å². The van der Waals surface area contributed by atoms with Gasteiger partial charge in [0.2, 0.25) is 0 Å². The molecule has 0 aliphatic heterocycles. The van der Waals surface area contributed by atoms with Crippen molar-refractivity contribution in [2.75, 3.05) is 0 Å². The molecule has 0 aliphatic rings. The number of aromatic nitrogens is 2. The Hall–Kier alpha value is -3.05. The van der Waals surface area contributed by atoms with Crippen LogP contribution < -0.4 is 5.56 Å². The summed E-state index contributed by atoms with van der Waals surface area (Å²) in [6.45, 7) is 1.97. The van der Waals surface area contributed by atoms with Crippen LogP contribution in [0.2, 0.25) is 0 Å².